The van der Waals surface area contributed by atoms with Crippen molar-refractivity contribution in [3.8, 4) is 17.2 Å². The molecule has 0 atom stereocenters. The average molecular weight is 487 g/mol. The molecule has 9 nitrogen and oxygen atoms in total. The second-order valence-electron chi connectivity index (χ2n) is 9.02. The van der Waals surface area contributed by atoms with Crippen molar-refractivity contribution in [2.75, 3.05) is 18.0 Å². The number of aromatic nitrogens is 3. The summed E-state index contributed by atoms with van der Waals surface area (Å²) in [5.41, 5.74) is 0.0112. The number of hydrogen-bond acceptors (Lipinski definition) is 6. The molecular formula is C23H24ClFN6O3. The molecule has 178 valence electrons. The van der Waals surface area contributed by atoms with Crippen molar-refractivity contribution in [2.45, 2.75) is 44.9 Å². The van der Waals surface area contributed by atoms with Crippen molar-refractivity contribution in [2.24, 2.45) is 0 Å². The molecule has 0 bridgehead atoms. The maximum Gasteiger partial charge on any atom is 0.404 e. The van der Waals surface area contributed by atoms with Crippen LogP contribution in [0.2, 0.25) is 5.15 Å². The summed E-state index contributed by atoms with van der Waals surface area (Å²) in [5, 5.41) is 36.2. The van der Waals surface area contributed by atoms with Crippen LogP contribution in [0.4, 0.5) is 15.0 Å². The average Bonchev–Trinajstić information content (AvgIpc) is 3.12. The van der Waals surface area contributed by atoms with Crippen LogP contribution in [0.25, 0.3) is 22.0 Å². The molecule has 34 heavy (non-hydrogen) atoms. The van der Waals surface area contributed by atoms with E-state index in [0.29, 0.717) is 42.7 Å². The van der Waals surface area contributed by atoms with Crippen LogP contribution in [-0.2, 0) is 6.54 Å². The van der Waals surface area contributed by atoms with Crippen LogP contribution < -0.4 is 10.2 Å². The zero-order valence-corrected chi connectivity index (χ0v) is 19.5. The zero-order chi connectivity index (χ0) is 24.6. The number of nitrogens with one attached hydrogen (secondary N) is 1. The number of pyridine rings is 1. The Morgan fingerprint density at radius 1 is 1.35 bits per heavy atom. The number of nitrogens with zero attached hydrogens (tertiary/aromatic N) is 5. The van der Waals surface area contributed by atoms with Crippen molar-refractivity contribution in [3.05, 3.63) is 40.9 Å². The van der Waals surface area contributed by atoms with Gasteiger partial charge in [0.2, 0.25) is 0 Å². The standard InChI is InChI=1S/C23H24ClFN6O3/c1-23(2,34)12-31-18-9-17(25)16(7-14(18)11-27-31)20-13(10-26)8-19(29-21(20)24)30-5-3-15(4-6-30)28-22(32)33/h7-9,11,15,28,34H,3-6,12H2,1-2H3,(H,32,33). The fraction of sp³-hybridized carbons (Fsp3) is 0.391. The molecule has 1 aliphatic rings. The molecule has 0 spiro atoms. The van der Waals surface area contributed by atoms with E-state index in [0.717, 1.165) is 0 Å². The van der Waals surface area contributed by atoms with Gasteiger partial charge in [0.1, 0.15) is 22.9 Å². The van der Waals surface area contributed by atoms with E-state index in [1.807, 2.05) is 4.90 Å². The van der Waals surface area contributed by atoms with E-state index in [9.17, 15) is 15.2 Å². The van der Waals surface area contributed by atoms with Gasteiger partial charge in [-0.05, 0) is 38.8 Å². The Labute approximate surface area is 200 Å². The van der Waals surface area contributed by atoms with Crippen LogP contribution >= 0.6 is 11.6 Å². The quantitative estimate of drug-likeness (QED) is 0.468. The molecule has 0 aliphatic carbocycles. The molecule has 2 aromatic heterocycles. The van der Waals surface area contributed by atoms with Crippen LogP contribution in [-0.4, -0.2) is 55.8 Å². The number of aliphatic hydroxyl groups is 1. The van der Waals surface area contributed by atoms with Gasteiger partial charge in [0.05, 0.1) is 29.4 Å². The van der Waals surface area contributed by atoms with Gasteiger partial charge in [-0.15, -0.1) is 0 Å². The Morgan fingerprint density at radius 3 is 2.68 bits per heavy atom. The number of benzene rings is 1. The Bertz CT molecular complexity index is 1290. The number of amides is 1. The Kier molecular flexibility index (Phi) is 6.34. The minimum atomic E-state index is -1.06. The van der Waals surface area contributed by atoms with Crippen molar-refractivity contribution >= 4 is 34.4 Å². The van der Waals surface area contributed by atoms with Gasteiger partial charge in [0.15, 0.2) is 0 Å². The second kappa shape index (κ2) is 9.08. The number of piperidine rings is 1. The van der Waals surface area contributed by atoms with Gasteiger partial charge in [-0.3, -0.25) is 4.68 Å². The van der Waals surface area contributed by atoms with Gasteiger partial charge in [-0.1, -0.05) is 11.6 Å². The van der Waals surface area contributed by atoms with Gasteiger partial charge in [0, 0.05) is 41.7 Å². The molecule has 1 aliphatic heterocycles. The monoisotopic (exact) mass is 486 g/mol. The highest BCUT2D eigenvalue weighted by atomic mass is 35.5. The van der Waals surface area contributed by atoms with Crippen LogP contribution in [0.1, 0.15) is 32.3 Å². The first-order valence-electron chi connectivity index (χ1n) is 10.8. The summed E-state index contributed by atoms with van der Waals surface area (Å²) in [7, 11) is 0. The summed E-state index contributed by atoms with van der Waals surface area (Å²) >= 11 is 6.48. The summed E-state index contributed by atoms with van der Waals surface area (Å²) < 4.78 is 16.8. The molecule has 0 radical (unpaired) electrons. The number of fused-ring (bicyclic) bond motifs is 1. The number of halogens is 2. The molecule has 1 aromatic carbocycles. The number of nitriles is 1. The first-order valence-corrected chi connectivity index (χ1v) is 11.2. The number of hydrogen-bond donors (Lipinski definition) is 3. The third-order valence-electron chi connectivity index (χ3n) is 5.77. The summed E-state index contributed by atoms with van der Waals surface area (Å²) in [6.07, 6.45) is 1.70. The molecule has 1 fully saturated rings. The van der Waals surface area contributed by atoms with Gasteiger partial charge in [-0.2, -0.15) is 10.4 Å². The summed E-state index contributed by atoms with van der Waals surface area (Å²) in [6.45, 7) is 4.55. The second-order valence-corrected chi connectivity index (χ2v) is 9.38. The molecule has 4 rings (SSSR count). The van der Waals surface area contributed by atoms with Crippen molar-refractivity contribution in [3.63, 3.8) is 0 Å². The third kappa shape index (κ3) is 4.90. The highest BCUT2D eigenvalue weighted by Crippen LogP contribution is 2.36. The summed E-state index contributed by atoms with van der Waals surface area (Å²) in [6, 6.07) is 6.42. The molecule has 11 heteroatoms. The number of carboxylic acid groups (broad SMARTS) is 1. The van der Waals surface area contributed by atoms with E-state index in [1.165, 1.54) is 10.7 Å². The number of carbonyl (C=O) groups is 1. The van der Waals surface area contributed by atoms with Crippen LogP contribution in [0.15, 0.2) is 24.4 Å². The normalized spacial score (nSPS) is 14.9. The van der Waals surface area contributed by atoms with Gasteiger partial charge >= 0.3 is 6.09 Å². The maximum absolute atomic E-state index is 15.2. The lowest BCUT2D eigenvalue weighted by Crippen LogP contribution is -2.44. The smallest absolute Gasteiger partial charge is 0.404 e. The lowest BCUT2D eigenvalue weighted by atomic mass is 9.99. The van der Waals surface area contributed by atoms with Crippen LogP contribution in [0, 0.1) is 17.1 Å². The third-order valence-corrected chi connectivity index (χ3v) is 6.04. The number of rotatable bonds is 5. The molecule has 3 aromatic rings. The molecule has 3 N–H and O–H groups in total. The topological polar surface area (TPSA) is 127 Å². The van der Waals surface area contributed by atoms with E-state index in [-0.39, 0.29) is 34.4 Å². The largest absolute Gasteiger partial charge is 0.465 e. The maximum atomic E-state index is 15.2. The van der Waals surface area contributed by atoms with Gasteiger partial charge in [-0.25, -0.2) is 14.2 Å². The number of anilines is 1. The molecule has 3 heterocycles. The fourth-order valence-corrected chi connectivity index (χ4v) is 4.51. The minimum absolute atomic E-state index is 0.00182. The fourth-order valence-electron chi connectivity index (χ4n) is 4.22. The predicted molar refractivity (Wildman–Crippen MR) is 125 cm³/mol. The first kappa shape index (κ1) is 23.7. The summed E-state index contributed by atoms with van der Waals surface area (Å²) in [5.74, 6) is -0.0999. The van der Waals surface area contributed by atoms with E-state index in [4.69, 9.17) is 16.7 Å². The molecule has 1 amide bonds. The van der Waals surface area contributed by atoms with Crippen LogP contribution in [0.5, 0.6) is 0 Å². The molecular weight excluding hydrogens is 463 g/mol. The highest BCUT2D eigenvalue weighted by molar-refractivity contribution is 6.32. The summed E-state index contributed by atoms with van der Waals surface area (Å²) in [4.78, 5) is 17.2. The van der Waals surface area contributed by atoms with E-state index in [1.54, 1.807) is 32.2 Å². The van der Waals surface area contributed by atoms with Crippen molar-refractivity contribution in [1.29, 1.82) is 5.26 Å². The molecule has 1 saturated heterocycles. The van der Waals surface area contributed by atoms with Gasteiger partial charge < -0.3 is 20.4 Å². The SMILES string of the molecule is CC(C)(O)Cn1ncc2cc(-c3c(C#N)cc(N4CCC(NC(=O)O)CC4)nc3Cl)c(F)cc21. The van der Waals surface area contributed by atoms with Crippen molar-refractivity contribution in [1.82, 2.24) is 20.1 Å². The lowest BCUT2D eigenvalue weighted by molar-refractivity contribution is 0.0591. The Balaban J connectivity index is 1.67. The minimum Gasteiger partial charge on any atom is -0.465 e. The highest BCUT2D eigenvalue weighted by Gasteiger charge is 2.25. The van der Waals surface area contributed by atoms with Gasteiger partial charge in [0.25, 0.3) is 0 Å². The van der Waals surface area contributed by atoms with Crippen molar-refractivity contribution < 1.29 is 19.4 Å². The predicted octanol–water partition coefficient (Wildman–Crippen LogP) is 3.77. The zero-order valence-electron chi connectivity index (χ0n) is 18.7. The first-order chi connectivity index (χ1) is 16.1. The Hall–Kier alpha value is -3.42. The lowest BCUT2D eigenvalue weighted by Gasteiger charge is -2.33. The van der Waals surface area contributed by atoms with E-state index < -0.39 is 17.5 Å². The Morgan fingerprint density at radius 2 is 2.06 bits per heavy atom. The molecule has 0 saturated carbocycles. The molecule has 0 unspecified atom stereocenters. The van der Waals surface area contributed by atoms with Crippen LogP contribution in [0.3, 0.4) is 0 Å². The van der Waals surface area contributed by atoms with E-state index >= 15 is 4.39 Å². The van der Waals surface area contributed by atoms with E-state index in [2.05, 4.69) is 21.5 Å².